The molecule has 19 heavy (non-hydrogen) atoms. The largest absolute Gasteiger partial charge is 0.331 e. The molecular weight excluding hydrogens is 230 g/mol. The molecule has 0 N–H and O–H groups in total. The third-order valence-corrected chi connectivity index (χ3v) is 4.42. The molecule has 0 spiro atoms. The Labute approximate surface area is 123 Å². The van der Waals surface area contributed by atoms with E-state index >= 15 is 0 Å². The van der Waals surface area contributed by atoms with Crippen molar-refractivity contribution in [3.8, 4) is 0 Å². The minimum Gasteiger partial charge on any atom is -0.331 e. The van der Waals surface area contributed by atoms with E-state index in [1.54, 1.807) is 0 Å². The van der Waals surface area contributed by atoms with Crippen LogP contribution in [0.1, 0.15) is 72.6 Å². The molecular formula is C18H40N+. The first-order valence-corrected chi connectivity index (χ1v) is 8.58. The fraction of sp³-hybridized carbons (Fsp3) is 1.00. The Morgan fingerprint density at radius 2 is 1.26 bits per heavy atom. The zero-order valence-corrected chi connectivity index (χ0v) is 14.8. The molecule has 0 rings (SSSR count). The van der Waals surface area contributed by atoms with E-state index in [4.69, 9.17) is 0 Å². The average Bonchev–Trinajstić information content (AvgIpc) is 2.31. The van der Waals surface area contributed by atoms with Crippen molar-refractivity contribution in [3.05, 3.63) is 0 Å². The highest BCUT2D eigenvalue weighted by atomic mass is 15.3. The van der Waals surface area contributed by atoms with E-state index < -0.39 is 0 Å². The molecule has 0 aromatic heterocycles. The summed E-state index contributed by atoms with van der Waals surface area (Å²) in [7, 11) is 7.02. The van der Waals surface area contributed by atoms with Crippen molar-refractivity contribution in [2.75, 3.05) is 27.7 Å². The maximum Gasteiger partial charge on any atom is 0.0809 e. The van der Waals surface area contributed by atoms with Gasteiger partial charge in [-0.25, -0.2) is 0 Å². The lowest BCUT2D eigenvalue weighted by molar-refractivity contribution is -0.874. The van der Waals surface area contributed by atoms with Crippen LogP contribution in [0.3, 0.4) is 0 Å². The molecule has 0 saturated heterocycles. The van der Waals surface area contributed by atoms with Gasteiger partial charge in [-0.05, 0) is 24.7 Å². The molecule has 0 aromatic rings. The third-order valence-electron chi connectivity index (χ3n) is 4.42. The van der Waals surface area contributed by atoms with Gasteiger partial charge in [0, 0.05) is 5.92 Å². The van der Waals surface area contributed by atoms with E-state index in [2.05, 4.69) is 48.8 Å². The highest BCUT2D eigenvalue weighted by Crippen LogP contribution is 2.24. The van der Waals surface area contributed by atoms with Gasteiger partial charge in [-0.3, -0.25) is 0 Å². The van der Waals surface area contributed by atoms with Crippen molar-refractivity contribution in [2.24, 2.45) is 17.8 Å². The SMILES string of the molecule is CCCC(C)CCC(CCC(C)CC)C[N+](C)(C)C. The maximum atomic E-state index is 2.43. The normalized spacial score (nSPS) is 17.2. The van der Waals surface area contributed by atoms with Crippen molar-refractivity contribution in [3.63, 3.8) is 0 Å². The first-order valence-electron chi connectivity index (χ1n) is 8.58. The summed E-state index contributed by atoms with van der Waals surface area (Å²) in [6, 6.07) is 0. The topological polar surface area (TPSA) is 0 Å². The number of hydrogen-bond donors (Lipinski definition) is 0. The lowest BCUT2D eigenvalue weighted by Crippen LogP contribution is -2.39. The minimum atomic E-state index is 0.906. The van der Waals surface area contributed by atoms with Gasteiger partial charge in [-0.15, -0.1) is 0 Å². The molecule has 3 unspecified atom stereocenters. The minimum absolute atomic E-state index is 0.906. The summed E-state index contributed by atoms with van der Waals surface area (Å²) in [5.41, 5.74) is 0. The molecule has 0 saturated carbocycles. The Morgan fingerprint density at radius 3 is 1.68 bits per heavy atom. The summed E-state index contributed by atoms with van der Waals surface area (Å²) in [6.07, 6.45) is 9.80. The summed E-state index contributed by atoms with van der Waals surface area (Å²) >= 11 is 0. The lowest BCUT2D eigenvalue weighted by Gasteiger charge is -2.30. The molecule has 0 amide bonds. The van der Waals surface area contributed by atoms with Crippen molar-refractivity contribution in [1.29, 1.82) is 0 Å². The average molecular weight is 271 g/mol. The van der Waals surface area contributed by atoms with Gasteiger partial charge < -0.3 is 4.48 Å². The number of rotatable bonds is 11. The zero-order chi connectivity index (χ0) is 14.9. The Bertz CT molecular complexity index is 204. The number of hydrogen-bond acceptors (Lipinski definition) is 0. The second-order valence-electron chi connectivity index (χ2n) is 7.90. The van der Waals surface area contributed by atoms with Gasteiger partial charge in [0.2, 0.25) is 0 Å². The van der Waals surface area contributed by atoms with Gasteiger partial charge in [-0.1, -0.05) is 59.8 Å². The van der Waals surface area contributed by atoms with Crippen LogP contribution in [-0.2, 0) is 0 Å². The van der Waals surface area contributed by atoms with Crippen LogP contribution in [0.4, 0.5) is 0 Å². The molecule has 1 heteroatoms. The summed E-state index contributed by atoms with van der Waals surface area (Å²) in [4.78, 5) is 0. The lowest BCUT2D eigenvalue weighted by atomic mass is 9.88. The van der Waals surface area contributed by atoms with Gasteiger partial charge in [-0.2, -0.15) is 0 Å². The van der Waals surface area contributed by atoms with Gasteiger partial charge in [0.25, 0.3) is 0 Å². The molecule has 3 atom stereocenters. The van der Waals surface area contributed by atoms with Gasteiger partial charge in [0.15, 0.2) is 0 Å². The van der Waals surface area contributed by atoms with E-state index in [9.17, 15) is 0 Å². The first-order chi connectivity index (χ1) is 8.78. The molecule has 0 aromatic carbocycles. The summed E-state index contributed by atoms with van der Waals surface area (Å²) < 4.78 is 1.12. The Hall–Kier alpha value is -0.0400. The molecule has 0 aliphatic heterocycles. The summed E-state index contributed by atoms with van der Waals surface area (Å²) in [6.45, 7) is 10.8. The molecule has 0 fully saturated rings. The molecule has 0 aliphatic rings. The Morgan fingerprint density at radius 1 is 0.737 bits per heavy atom. The van der Waals surface area contributed by atoms with Crippen molar-refractivity contribution in [1.82, 2.24) is 0 Å². The molecule has 0 bridgehead atoms. The first kappa shape index (κ1) is 19.0. The predicted octanol–water partition coefficient (Wildman–Crippen LogP) is 5.35. The molecule has 116 valence electrons. The van der Waals surface area contributed by atoms with Gasteiger partial charge in [0.05, 0.1) is 27.7 Å². The summed E-state index contributed by atoms with van der Waals surface area (Å²) in [5, 5.41) is 0. The van der Waals surface area contributed by atoms with E-state index in [0.717, 1.165) is 22.2 Å². The van der Waals surface area contributed by atoms with Crippen LogP contribution in [0.5, 0.6) is 0 Å². The van der Waals surface area contributed by atoms with E-state index in [1.165, 1.54) is 51.5 Å². The van der Waals surface area contributed by atoms with Crippen LogP contribution < -0.4 is 0 Å². The number of nitrogens with zero attached hydrogens (tertiary/aromatic N) is 1. The second-order valence-corrected chi connectivity index (χ2v) is 7.90. The fourth-order valence-electron chi connectivity index (χ4n) is 2.98. The summed E-state index contributed by atoms with van der Waals surface area (Å²) in [5.74, 6) is 2.75. The molecule has 0 radical (unpaired) electrons. The highest BCUT2D eigenvalue weighted by Gasteiger charge is 2.19. The van der Waals surface area contributed by atoms with E-state index in [-0.39, 0.29) is 0 Å². The fourth-order valence-corrected chi connectivity index (χ4v) is 2.98. The predicted molar refractivity (Wildman–Crippen MR) is 88.4 cm³/mol. The standard InChI is InChI=1S/C18H40N/c1-8-10-17(4)12-14-18(15-19(5,6)7)13-11-16(3)9-2/h16-18H,8-15H2,1-7H3/q+1. The van der Waals surface area contributed by atoms with Crippen LogP contribution in [0.15, 0.2) is 0 Å². The van der Waals surface area contributed by atoms with Crippen LogP contribution in [0.25, 0.3) is 0 Å². The molecule has 0 heterocycles. The Kier molecular flexibility index (Phi) is 9.78. The molecule has 1 nitrogen and oxygen atoms in total. The highest BCUT2D eigenvalue weighted by molar-refractivity contribution is 4.64. The van der Waals surface area contributed by atoms with Crippen LogP contribution in [0.2, 0.25) is 0 Å². The second kappa shape index (κ2) is 9.80. The zero-order valence-electron chi connectivity index (χ0n) is 14.8. The smallest absolute Gasteiger partial charge is 0.0809 e. The van der Waals surface area contributed by atoms with Crippen LogP contribution >= 0.6 is 0 Å². The third kappa shape index (κ3) is 11.5. The molecule has 0 aliphatic carbocycles. The van der Waals surface area contributed by atoms with Gasteiger partial charge >= 0.3 is 0 Å². The Balaban J connectivity index is 4.17. The van der Waals surface area contributed by atoms with E-state index in [0.29, 0.717) is 0 Å². The van der Waals surface area contributed by atoms with Crippen molar-refractivity contribution < 1.29 is 4.48 Å². The number of quaternary nitrogens is 1. The maximum absolute atomic E-state index is 2.43. The van der Waals surface area contributed by atoms with Crippen molar-refractivity contribution >= 4 is 0 Å². The van der Waals surface area contributed by atoms with E-state index in [1.807, 2.05) is 0 Å². The monoisotopic (exact) mass is 270 g/mol. The van der Waals surface area contributed by atoms with Crippen LogP contribution in [-0.4, -0.2) is 32.2 Å². The van der Waals surface area contributed by atoms with Crippen LogP contribution in [0, 0.1) is 17.8 Å². The quantitative estimate of drug-likeness (QED) is 0.444. The van der Waals surface area contributed by atoms with Gasteiger partial charge in [0.1, 0.15) is 0 Å². The van der Waals surface area contributed by atoms with Crippen molar-refractivity contribution in [2.45, 2.75) is 72.6 Å².